The summed E-state index contributed by atoms with van der Waals surface area (Å²) in [6.45, 7) is 0. The minimum Gasteiger partial charge on any atom is -0.506 e. The van der Waals surface area contributed by atoms with Crippen molar-refractivity contribution in [2.24, 2.45) is 0 Å². The molecule has 0 saturated heterocycles. The minimum absolute atomic E-state index is 0.0284. The molecule has 4 N–H and O–H groups in total. The van der Waals surface area contributed by atoms with Crippen LogP contribution in [0.25, 0.3) is 0 Å². The van der Waals surface area contributed by atoms with E-state index in [2.05, 4.69) is 0 Å². The van der Waals surface area contributed by atoms with Crippen molar-refractivity contribution in [2.75, 3.05) is 5.73 Å². The summed E-state index contributed by atoms with van der Waals surface area (Å²) in [5.41, 5.74) is 4.77. The number of phenols is 1. The second kappa shape index (κ2) is 3.06. The van der Waals surface area contributed by atoms with Crippen LogP contribution >= 0.6 is 11.6 Å². The lowest BCUT2D eigenvalue weighted by Crippen LogP contribution is -2.03. The van der Waals surface area contributed by atoms with Gasteiger partial charge in [0, 0.05) is 11.1 Å². The Labute approximate surface area is 79.5 Å². The lowest BCUT2D eigenvalue weighted by Gasteiger charge is -2.04. The third kappa shape index (κ3) is 2.03. The van der Waals surface area contributed by atoms with Crippen molar-refractivity contribution in [3.05, 3.63) is 17.2 Å². The summed E-state index contributed by atoms with van der Waals surface area (Å²) in [5.74, 6) is -0.486. The van der Waals surface area contributed by atoms with Crippen LogP contribution in [0.1, 0.15) is 0 Å². The summed E-state index contributed by atoms with van der Waals surface area (Å²) >= 11 is 5.44. The maximum atomic E-state index is 10.7. The molecular formula is C6H6ClNO4S. The van der Waals surface area contributed by atoms with E-state index in [4.69, 9.17) is 27.0 Å². The van der Waals surface area contributed by atoms with E-state index in [9.17, 15) is 8.42 Å². The molecule has 0 saturated carbocycles. The van der Waals surface area contributed by atoms with E-state index in [-0.39, 0.29) is 5.02 Å². The monoisotopic (exact) mass is 223 g/mol. The van der Waals surface area contributed by atoms with Crippen LogP contribution in [0.4, 0.5) is 5.69 Å². The van der Waals surface area contributed by atoms with Gasteiger partial charge in [-0.2, -0.15) is 8.42 Å². The molecule has 0 bridgehead atoms. The van der Waals surface area contributed by atoms with Gasteiger partial charge in [0.05, 0.1) is 5.69 Å². The van der Waals surface area contributed by atoms with E-state index in [0.29, 0.717) is 0 Å². The number of hydrogen-bond acceptors (Lipinski definition) is 4. The predicted octanol–water partition coefficient (Wildman–Crippen LogP) is 0.875. The molecule has 1 aromatic carbocycles. The highest BCUT2D eigenvalue weighted by atomic mass is 35.5. The molecule has 1 rings (SSSR count). The lowest BCUT2D eigenvalue weighted by molar-refractivity contribution is 0.469. The van der Waals surface area contributed by atoms with Crippen LogP contribution in [0, 0.1) is 0 Å². The summed E-state index contributed by atoms with van der Waals surface area (Å²) in [6, 6.07) is 2.03. The second-order valence-electron chi connectivity index (χ2n) is 2.31. The molecule has 0 unspecified atom stereocenters. The quantitative estimate of drug-likeness (QED) is 0.373. The summed E-state index contributed by atoms with van der Waals surface area (Å²) in [6.07, 6.45) is 0. The summed E-state index contributed by atoms with van der Waals surface area (Å²) in [5, 5.41) is 9.03. The number of phenolic OH excluding ortho intramolecular Hbond substituents is 1. The van der Waals surface area contributed by atoms with E-state index in [0.717, 1.165) is 12.1 Å². The van der Waals surface area contributed by atoms with Gasteiger partial charge < -0.3 is 10.8 Å². The Hall–Kier alpha value is -0.980. The van der Waals surface area contributed by atoms with E-state index in [1.165, 1.54) is 0 Å². The minimum atomic E-state index is -4.45. The standard InChI is InChI=1S/C6H6ClNO4S/c7-3-1-4(9)6(8)5(2-3)13(10,11)12/h1-2,9H,8H2,(H,10,11,12). The molecule has 0 atom stereocenters. The number of halogens is 1. The van der Waals surface area contributed by atoms with Crippen molar-refractivity contribution in [2.45, 2.75) is 4.90 Å². The van der Waals surface area contributed by atoms with Crippen LogP contribution in [-0.2, 0) is 10.1 Å². The second-order valence-corrected chi connectivity index (χ2v) is 4.14. The van der Waals surface area contributed by atoms with Crippen molar-refractivity contribution in [3.63, 3.8) is 0 Å². The first-order valence-electron chi connectivity index (χ1n) is 3.08. The topological polar surface area (TPSA) is 101 Å². The zero-order valence-corrected chi connectivity index (χ0v) is 7.80. The van der Waals surface area contributed by atoms with E-state index >= 15 is 0 Å². The van der Waals surface area contributed by atoms with E-state index in [1.54, 1.807) is 0 Å². The van der Waals surface area contributed by atoms with E-state index < -0.39 is 26.5 Å². The van der Waals surface area contributed by atoms with Crippen LogP contribution in [0.2, 0.25) is 5.02 Å². The highest BCUT2D eigenvalue weighted by Crippen LogP contribution is 2.31. The molecule has 0 aromatic heterocycles. The van der Waals surface area contributed by atoms with Gasteiger partial charge in [-0.05, 0) is 6.07 Å². The first-order chi connectivity index (χ1) is 5.82. The van der Waals surface area contributed by atoms with Crippen molar-refractivity contribution in [3.8, 4) is 5.75 Å². The average Bonchev–Trinajstić information content (AvgIpc) is 1.94. The maximum Gasteiger partial charge on any atom is 0.296 e. The number of benzene rings is 1. The number of aromatic hydroxyl groups is 1. The first-order valence-corrected chi connectivity index (χ1v) is 4.89. The molecule has 7 heteroatoms. The largest absolute Gasteiger partial charge is 0.506 e. The van der Waals surface area contributed by atoms with Gasteiger partial charge >= 0.3 is 0 Å². The fourth-order valence-electron chi connectivity index (χ4n) is 0.793. The van der Waals surface area contributed by atoms with Gasteiger partial charge in [-0.15, -0.1) is 0 Å². The molecule has 0 radical (unpaired) electrons. The molecule has 0 aliphatic rings. The Morgan fingerprint density at radius 3 is 2.38 bits per heavy atom. The molecule has 0 aliphatic heterocycles. The number of hydrogen-bond donors (Lipinski definition) is 3. The van der Waals surface area contributed by atoms with Gasteiger partial charge in [0.2, 0.25) is 0 Å². The highest BCUT2D eigenvalue weighted by molar-refractivity contribution is 7.86. The molecule has 0 amide bonds. The van der Waals surface area contributed by atoms with Gasteiger partial charge in [-0.25, -0.2) is 0 Å². The van der Waals surface area contributed by atoms with Crippen LogP contribution in [0.5, 0.6) is 5.75 Å². The zero-order chi connectivity index (χ0) is 10.2. The lowest BCUT2D eigenvalue weighted by atomic mass is 10.3. The molecule has 1 aromatic rings. The SMILES string of the molecule is Nc1c(O)cc(Cl)cc1S(=O)(=O)O. The summed E-state index contributed by atoms with van der Waals surface area (Å²) in [7, 11) is -4.45. The zero-order valence-electron chi connectivity index (χ0n) is 6.23. The molecule has 0 aliphatic carbocycles. The normalized spacial score (nSPS) is 11.5. The molecule has 72 valence electrons. The third-order valence-electron chi connectivity index (χ3n) is 1.36. The Bertz CT molecular complexity index is 442. The van der Waals surface area contributed by atoms with Gasteiger partial charge in [-0.3, -0.25) is 4.55 Å². The van der Waals surface area contributed by atoms with Gasteiger partial charge in [-0.1, -0.05) is 11.6 Å². The molecule has 13 heavy (non-hydrogen) atoms. The van der Waals surface area contributed by atoms with Crippen molar-refractivity contribution >= 4 is 27.4 Å². The summed E-state index contributed by atoms with van der Waals surface area (Å²) in [4.78, 5) is -0.600. The van der Waals surface area contributed by atoms with Crippen LogP contribution < -0.4 is 5.73 Å². The van der Waals surface area contributed by atoms with Crippen LogP contribution in [0.15, 0.2) is 17.0 Å². The third-order valence-corrected chi connectivity index (χ3v) is 2.47. The first kappa shape index (κ1) is 10.1. The molecule has 0 fully saturated rings. The number of nitrogen functional groups attached to an aromatic ring is 1. The van der Waals surface area contributed by atoms with Crippen molar-refractivity contribution < 1.29 is 18.1 Å². The molecular weight excluding hydrogens is 218 g/mol. The maximum absolute atomic E-state index is 10.7. The van der Waals surface area contributed by atoms with Crippen molar-refractivity contribution in [1.29, 1.82) is 0 Å². The number of rotatable bonds is 1. The fraction of sp³-hybridized carbons (Fsp3) is 0. The van der Waals surface area contributed by atoms with Gasteiger partial charge in [0.25, 0.3) is 10.1 Å². The van der Waals surface area contributed by atoms with Gasteiger partial charge in [0.15, 0.2) is 0 Å². The Kier molecular flexibility index (Phi) is 2.38. The number of nitrogens with two attached hydrogens (primary N) is 1. The molecule has 0 heterocycles. The van der Waals surface area contributed by atoms with Crippen molar-refractivity contribution in [1.82, 2.24) is 0 Å². The smallest absolute Gasteiger partial charge is 0.296 e. The Morgan fingerprint density at radius 2 is 1.92 bits per heavy atom. The molecule has 0 spiro atoms. The van der Waals surface area contributed by atoms with Gasteiger partial charge in [0.1, 0.15) is 10.6 Å². The summed E-state index contributed by atoms with van der Waals surface area (Å²) < 4.78 is 30.0. The molecule has 5 nitrogen and oxygen atoms in total. The average molecular weight is 224 g/mol. The Balaban J connectivity index is 3.56. The predicted molar refractivity (Wildman–Crippen MR) is 47.3 cm³/mol. The van der Waals surface area contributed by atoms with Crippen LogP contribution in [-0.4, -0.2) is 18.1 Å². The fourth-order valence-corrected chi connectivity index (χ4v) is 1.73. The van der Waals surface area contributed by atoms with Crippen LogP contribution in [0.3, 0.4) is 0 Å². The Morgan fingerprint density at radius 1 is 1.38 bits per heavy atom. The van der Waals surface area contributed by atoms with E-state index in [1.807, 2.05) is 0 Å². The highest BCUT2D eigenvalue weighted by Gasteiger charge is 2.17. The number of anilines is 1.